The third-order valence-corrected chi connectivity index (χ3v) is 3.14. The number of benzene rings is 1. The average Bonchev–Trinajstić information content (AvgIpc) is 2.41. The zero-order valence-corrected chi connectivity index (χ0v) is 11.7. The Morgan fingerprint density at radius 1 is 1.39 bits per heavy atom. The van der Waals surface area contributed by atoms with Gasteiger partial charge in [0.25, 0.3) is 0 Å². The molecule has 0 amide bonds. The van der Waals surface area contributed by atoms with Crippen molar-refractivity contribution in [2.45, 2.75) is 13.0 Å². The summed E-state index contributed by atoms with van der Waals surface area (Å²) in [5.74, 6) is 0.817. The topological polar surface area (TPSA) is 48.1 Å². The lowest BCUT2D eigenvalue weighted by atomic mass is 10.0. The molecule has 4 heteroatoms. The van der Waals surface area contributed by atoms with Crippen LogP contribution in [-0.4, -0.2) is 11.6 Å². The van der Waals surface area contributed by atoms with Crippen LogP contribution in [0.5, 0.6) is 5.75 Å². The monoisotopic (exact) mass is 306 g/mol. The first kappa shape index (κ1) is 13.1. The van der Waals surface area contributed by atoms with E-state index in [0.717, 1.165) is 21.3 Å². The maximum atomic E-state index is 6.28. The largest absolute Gasteiger partial charge is 0.494 e. The second-order valence-electron chi connectivity index (χ2n) is 3.88. The van der Waals surface area contributed by atoms with Gasteiger partial charge in [-0.3, -0.25) is 4.98 Å². The van der Waals surface area contributed by atoms with E-state index in [4.69, 9.17) is 10.5 Å². The lowest BCUT2D eigenvalue weighted by Crippen LogP contribution is -2.13. The predicted octanol–water partition coefficient (Wildman–Crippen LogP) is 3.29. The van der Waals surface area contributed by atoms with Gasteiger partial charge in [-0.15, -0.1) is 0 Å². The Labute approximate surface area is 115 Å². The van der Waals surface area contributed by atoms with Crippen molar-refractivity contribution in [2.75, 3.05) is 6.61 Å². The number of rotatable bonds is 4. The van der Waals surface area contributed by atoms with E-state index in [2.05, 4.69) is 20.9 Å². The number of nitrogens with two attached hydrogens (primary N) is 1. The summed E-state index contributed by atoms with van der Waals surface area (Å²) in [4.78, 5) is 4.10. The van der Waals surface area contributed by atoms with Crippen LogP contribution in [0.4, 0.5) is 0 Å². The summed E-state index contributed by atoms with van der Waals surface area (Å²) < 4.78 is 6.60. The third kappa shape index (κ3) is 2.89. The maximum absolute atomic E-state index is 6.28. The van der Waals surface area contributed by atoms with Gasteiger partial charge < -0.3 is 10.5 Å². The van der Waals surface area contributed by atoms with Crippen molar-refractivity contribution >= 4 is 15.9 Å². The second-order valence-corrected chi connectivity index (χ2v) is 4.79. The van der Waals surface area contributed by atoms with Gasteiger partial charge in [0, 0.05) is 22.4 Å². The van der Waals surface area contributed by atoms with Crippen LogP contribution in [0.3, 0.4) is 0 Å². The number of nitrogens with zero attached hydrogens (tertiary/aromatic N) is 1. The minimum Gasteiger partial charge on any atom is -0.494 e. The highest BCUT2D eigenvalue weighted by Crippen LogP contribution is 2.30. The molecule has 0 radical (unpaired) electrons. The Balaban J connectivity index is 2.40. The van der Waals surface area contributed by atoms with E-state index < -0.39 is 0 Å². The average molecular weight is 307 g/mol. The molecule has 0 saturated carbocycles. The number of pyridine rings is 1. The van der Waals surface area contributed by atoms with Gasteiger partial charge >= 0.3 is 0 Å². The molecule has 0 saturated heterocycles. The fraction of sp³-hybridized carbons (Fsp3) is 0.214. The Morgan fingerprint density at radius 3 is 2.89 bits per heavy atom. The first-order valence-corrected chi connectivity index (χ1v) is 6.59. The molecule has 0 bridgehead atoms. The summed E-state index contributed by atoms with van der Waals surface area (Å²) in [6.07, 6.45) is 3.52. The normalized spacial score (nSPS) is 12.2. The first-order chi connectivity index (χ1) is 8.72. The van der Waals surface area contributed by atoms with Gasteiger partial charge in [-0.2, -0.15) is 0 Å². The molecule has 1 heterocycles. The highest BCUT2D eigenvalue weighted by atomic mass is 79.9. The third-order valence-electron chi connectivity index (χ3n) is 2.65. The lowest BCUT2D eigenvalue weighted by molar-refractivity contribution is 0.335. The van der Waals surface area contributed by atoms with Crippen molar-refractivity contribution in [3.63, 3.8) is 0 Å². The summed E-state index contributed by atoms with van der Waals surface area (Å²) in [5, 5.41) is 0. The molecule has 94 valence electrons. The number of hydrogen-bond acceptors (Lipinski definition) is 3. The second kappa shape index (κ2) is 5.98. The molecule has 2 aromatic rings. The van der Waals surface area contributed by atoms with E-state index in [-0.39, 0.29) is 6.04 Å². The van der Waals surface area contributed by atoms with E-state index in [1.54, 1.807) is 12.4 Å². The van der Waals surface area contributed by atoms with E-state index in [0.29, 0.717) is 6.61 Å². The molecule has 2 N–H and O–H groups in total. The summed E-state index contributed by atoms with van der Waals surface area (Å²) in [7, 11) is 0. The number of halogens is 1. The molecule has 0 spiro atoms. The molecular formula is C14H15BrN2O. The summed E-state index contributed by atoms with van der Waals surface area (Å²) >= 11 is 3.46. The van der Waals surface area contributed by atoms with Gasteiger partial charge in [-0.1, -0.05) is 22.0 Å². The van der Waals surface area contributed by atoms with Crippen LogP contribution in [0.15, 0.2) is 47.2 Å². The van der Waals surface area contributed by atoms with Gasteiger partial charge in [0.05, 0.1) is 12.6 Å². The van der Waals surface area contributed by atoms with Crippen molar-refractivity contribution in [3.8, 4) is 5.75 Å². The van der Waals surface area contributed by atoms with Gasteiger partial charge in [-0.25, -0.2) is 0 Å². The van der Waals surface area contributed by atoms with Crippen LogP contribution in [-0.2, 0) is 0 Å². The van der Waals surface area contributed by atoms with Gasteiger partial charge in [-0.05, 0) is 36.8 Å². The van der Waals surface area contributed by atoms with Crippen molar-refractivity contribution < 1.29 is 4.74 Å². The smallest absolute Gasteiger partial charge is 0.124 e. The van der Waals surface area contributed by atoms with Crippen molar-refractivity contribution in [1.82, 2.24) is 4.98 Å². The van der Waals surface area contributed by atoms with Gasteiger partial charge in [0.1, 0.15) is 5.75 Å². The minimum absolute atomic E-state index is 0.238. The van der Waals surface area contributed by atoms with Gasteiger partial charge in [0.15, 0.2) is 0 Å². The number of aromatic nitrogens is 1. The maximum Gasteiger partial charge on any atom is 0.124 e. The zero-order valence-electron chi connectivity index (χ0n) is 10.1. The molecule has 1 unspecified atom stereocenters. The molecule has 0 aliphatic heterocycles. The molecule has 0 fully saturated rings. The van der Waals surface area contributed by atoms with Crippen LogP contribution < -0.4 is 10.5 Å². The van der Waals surface area contributed by atoms with E-state index in [1.165, 1.54) is 0 Å². The fourth-order valence-corrected chi connectivity index (χ4v) is 2.17. The Hall–Kier alpha value is -1.39. The van der Waals surface area contributed by atoms with Crippen molar-refractivity contribution in [1.29, 1.82) is 0 Å². The van der Waals surface area contributed by atoms with Crippen LogP contribution in [0.25, 0.3) is 0 Å². The van der Waals surface area contributed by atoms with E-state index in [9.17, 15) is 0 Å². The molecular weight excluding hydrogens is 292 g/mol. The van der Waals surface area contributed by atoms with Crippen LogP contribution in [0.1, 0.15) is 24.1 Å². The predicted molar refractivity (Wildman–Crippen MR) is 75.6 cm³/mol. The number of hydrogen-bond donors (Lipinski definition) is 1. The molecule has 0 aliphatic rings. The quantitative estimate of drug-likeness (QED) is 0.943. The molecule has 1 atom stereocenters. The lowest BCUT2D eigenvalue weighted by Gasteiger charge is -2.17. The SMILES string of the molecule is CCOc1ccc(Br)cc1C(N)c1cccnc1. The summed E-state index contributed by atoms with van der Waals surface area (Å²) in [6, 6.07) is 9.48. The number of ether oxygens (including phenoxy) is 1. The standard InChI is InChI=1S/C14H15BrN2O/c1-2-18-13-6-5-11(15)8-12(13)14(16)10-4-3-7-17-9-10/h3-9,14H,2,16H2,1H3. The minimum atomic E-state index is -0.238. The first-order valence-electron chi connectivity index (χ1n) is 5.80. The highest BCUT2D eigenvalue weighted by Gasteiger charge is 2.14. The molecule has 3 nitrogen and oxygen atoms in total. The Bertz CT molecular complexity index is 516. The van der Waals surface area contributed by atoms with E-state index >= 15 is 0 Å². The Morgan fingerprint density at radius 2 is 2.22 bits per heavy atom. The van der Waals surface area contributed by atoms with Gasteiger partial charge in [0.2, 0.25) is 0 Å². The van der Waals surface area contributed by atoms with Crippen LogP contribution in [0, 0.1) is 0 Å². The van der Waals surface area contributed by atoms with Crippen molar-refractivity contribution in [3.05, 3.63) is 58.3 Å². The molecule has 1 aromatic carbocycles. The van der Waals surface area contributed by atoms with E-state index in [1.807, 2.05) is 37.3 Å². The Kier molecular flexibility index (Phi) is 4.33. The molecule has 18 heavy (non-hydrogen) atoms. The molecule has 2 rings (SSSR count). The summed E-state index contributed by atoms with van der Waals surface area (Å²) in [6.45, 7) is 2.58. The fourth-order valence-electron chi connectivity index (χ4n) is 1.79. The zero-order chi connectivity index (χ0) is 13.0. The summed E-state index contributed by atoms with van der Waals surface area (Å²) in [5.41, 5.74) is 8.20. The highest BCUT2D eigenvalue weighted by molar-refractivity contribution is 9.10. The van der Waals surface area contributed by atoms with Crippen LogP contribution in [0.2, 0.25) is 0 Å². The molecule has 1 aromatic heterocycles. The molecule has 0 aliphatic carbocycles. The van der Waals surface area contributed by atoms with Crippen molar-refractivity contribution in [2.24, 2.45) is 5.73 Å². The van der Waals surface area contributed by atoms with Crippen LogP contribution >= 0.6 is 15.9 Å².